The lowest BCUT2D eigenvalue weighted by atomic mass is 10.1. The topological polar surface area (TPSA) is 82.9 Å². The molecule has 1 aliphatic rings. The summed E-state index contributed by atoms with van der Waals surface area (Å²) in [7, 11) is 4.91. The molecule has 1 amide bonds. The van der Waals surface area contributed by atoms with Crippen LogP contribution in [0.1, 0.15) is 29.6 Å². The highest BCUT2D eigenvalue weighted by Crippen LogP contribution is 2.28. The number of fused-ring (bicyclic) bond motifs is 3. The highest BCUT2D eigenvalue weighted by molar-refractivity contribution is 6.00. The Morgan fingerprint density at radius 1 is 1.19 bits per heavy atom. The van der Waals surface area contributed by atoms with Gasteiger partial charge in [0.1, 0.15) is 11.3 Å². The molecular weight excluding hydrogens is 346 g/mol. The molecule has 1 saturated heterocycles. The zero-order chi connectivity index (χ0) is 19.1. The van der Waals surface area contributed by atoms with Gasteiger partial charge in [-0.15, -0.1) is 0 Å². The largest absolute Gasteiger partial charge is 0.496 e. The average molecular weight is 369 g/mol. The quantitative estimate of drug-likeness (QED) is 0.762. The van der Waals surface area contributed by atoms with Gasteiger partial charge in [-0.25, -0.2) is 4.98 Å². The smallest absolute Gasteiger partial charge is 0.274 e. The van der Waals surface area contributed by atoms with Gasteiger partial charge in [0.15, 0.2) is 0 Å². The van der Waals surface area contributed by atoms with Gasteiger partial charge in [0.05, 0.1) is 29.9 Å². The van der Waals surface area contributed by atoms with E-state index in [1.165, 1.54) is 18.4 Å². The summed E-state index contributed by atoms with van der Waals surface area (Å²) in [6.07, 6.45) is 5.02. The van der Waals surface area contributed by atoms with Gasteiger partial charge in [0.2, 0.25) is 5.95 Å². The molecular formula is C19H23N5O3. The van der Waals surface area contributed by atoms with E-state index < -0.39 is 0 Å². The molecule has 0 unspecified atom stereocenters. The molecule has 3 heterocycles. The molecule has 8 heteroatoms. The fraction of sp³-hybridized carbons (Fsp3) is 0.421. The fourth-order valence-electron chi connectivity index (χ4n) is 3.67. The van der Waals surface area contributed by atoms with Crippen LogP contribution in [0.15, 0.2) is 23.1 Å². The van der Waals surface area contributed by atoms with Gasteiger partial charge in [-0.05, 0) is 25.3 Å². The molecule has 1 aromatic carbocycles. The number of hydrogen-bond acceptors (Lipinski definition) is 5. The third-order valence-electron chi connectivity index (χ3n) is 5.06. The summed E-state index contributed by atoms with van der Waals surface area (Å²) in [6, 6.07) is 3.47. The van der Waals surface area contributed by atoms with E-state index in [1.807, 2.05) is 4.40 Å². The van der Waals surface area contributed by atoms with Crippen LogP contribution in [-0.4, -0.2) is 59.5 Å². The van der Waals surface area contributed by atoms with Crippen LogP contribution in [-0.2, 0) is 0 Å². The predicted molar refractivity (Wildman–Crippen MR) is 104 cm³/mol. The van der Waals surface area contributed by atoms with Crippen molar-refractivity contribution < 1.29 is 9.53 Å². The molecule has 142 valence electrons. The Morgan fingerprint density at radius 3 is 2.59 bits per heavy atom. The number of aromatic nitrogens is 3. The maximum atomic E-state index is 12.6. The van der Waals surface area contributed by atoms with Crippen molar-refractivity contribution in [2.45, 2.75) is 19.3 Å². The third kappa shape index (κ3) is 2.81. The zero-order valence-electron chi connectivity index (χ0n) is 15.8. The van der Waals surface area contributed by atoms with Crippen LogP contribution >= 0.6 is 0 Å². The number of hydrogen-bond donors (Lipinski definition) is 1. The second-order valence-corrected chi connectivity index (χ2v) is 7.05. The van der Waals surface area contributed by atoms with Gasteiger partial charge in [-0.3, -0.25) is 14.0 Å². The molecule has 0 spiro atoms. The monoisotopic (exact) mass is 369 g/mol. The van der Waals surface area contributed by atoms with Crippen molar-refractivity contribution in [1.29, 1.82) is 0 Å². The number of piperidine rings is 1. The Balaban J connectivity index is 2.03. The molecule has 1 aliphatic heterocycles. The number of imidazole rings is 1. The van der Waals surface area contributed by atoms with E-state index in [9.17, 15) is 9.59 Å². The minimum absolute atomic E-state index is 0.160. The number of carbonyl (C=O) groups excluding carboxylic acids is 1. The van der Waals surface area contributed by atoms with Crippen molar-refractivity contribution in [1.82, 2.24) is 19.3 Å². The minimum Gasteiger partial charge on any atom is -0.496 e. The molecule has 0 atom stereocenters. The Bertz CT molecular complexity index is 1080. The SMILES string of the molecule is COc1cc2[nH]c(=O)c3cnc(N4CCCCC4)n3c2cc1C(=O)N(C)C. The molecule has 1 N–H and O–H groups in total. The van der Waals surface area contributed by atoms with Crippen molar-refractivity contribution in [3.05, 3.63) is 34.2 Å². The standard InChI is InChI=1S/C19H23N5O3/c1-22(2)18(26)12-9-14-13(10-16(12)27-3)21-17(25)15-11-20-19(24(14)15)23-7-5-4-6-8-23/h9-11H,4-8H2,1-3H3,(H,21,25). The van der Waals surface area contributed by atoms with Crippen LogP contribution in [0.2, 0.25) is 0 Å². The normalized spacial score (nSPS) is 14.7. The number of anilines is 1. The summed E-state index contributed by atoms with van der Waals surface area (Å²) in [5.41, 5.74) is 2.04. The van der Waals surface area contributed by atoms with Crippen molar-refractivity contribution in [2.24, 2.45) is 0 Å². The summed E-state index contributed by atoms with van der Waals surface area (Å²) in [6.45, 7) is 1.82. The molecule has 8 nitrogen and oxygen atoms in total. The van der Waals surface area contributed by atoms with E-state index in [-0.39, 0.29) is 11.5 Å². The number of H-pyrrole nitrogens is 1. The Morgan fingerprint density at radius 2 is 1.93 bits per heavy atom. The number of aromatic amines is 1. The van der Waals surface area contributed by atoms with E-state index >= 15 is 0 Å². The van der Waals surface area contributed by atoms with Gasteiger partial charge in [0.25, 0.3) is 11.5 Å². The first-order chi connectivity index (χ1) is 13.0. The number of rotatable bonds is 3. The lowest BCUT2D eigenvalue weighted by molar-refractivity contribution is 0.0824. The van der Waals surface area contributed by atoms with Crippen molar-refractivity contribution in [3.63, 3.8) is 0 Å². The van der Waals surface area contributed by atoms with Gasteiger partial charge >= 0.3 is 0 Å². The van der Waals surface area contributed by atoms with Crippen LogP contribution in [0.5, 0.6) is 5.75 Å². The van der Waals surface area contributed by atoms with Crippen LogP contribution in [0.25, 0.3) is 16.6 Å². The number of nitrogens with one attached hydrogen (secondary N) is 1. The number of nitrogens with zero attached hydrogens (tertiary/aromatic N) is 4. The van der Waals surface area contributed by atoms with Crippen LogP contribution in [0.4, 0.5) is 5.95 Å². The number of methoxy groups -OCH3 is 1. The van der Waals surface area contributed by atoms with Gasteiger partial charge in [-0.1, -0.05) is 0 Å². The van der Waals surface area contributed by atoms with E-state index in [0.29, 0.717) is 22.3 Å². The fourth-order valence-corrected chi connectivity index (χ4v) is 3.67. The summed E-state index contributed by atoms with van der Waals surface area (Å²) in [5.74, 6) is 1.01. The first-order valence-electron chi connectivity index (χ1n) is 9.09. The summed E-state index contributed by atoms with van der Waals surface area (Å²) >= 11 is 0. The second kappa shape index (κ2) is 6.61. The summed E-state index contributed by atoms with van der Waals surface area (Å²) < 4.78 is 7.25. The minimum atomic E-state index is -0.216. The second-order valence-electron chi connectivity index (χ2n) is 7.05. The Labute approximate surface area is 156 Å². The van der Waals surface area contributed by atoms with Gasteiger partial charge in [-0.2, -0.15) is 0 Å². The van der Waals surface area contributed by atoms with E-state index in [2.05, 4.69) is 14.9 Å². The van der Waals surface area contributed by atoms with Crippen molar-refractivity contribution in [2.75, 3.05) is 39.2 Å². The van der Waals surface area contributed by atoms with Crippen molar-refractivity contribution >= 4 is 28.4 Å². The van der Waals surface area contributed by atoms with Gasteiger partial charge < -0.3 is 19.5 Å². The molecule has 27 heavy (non-hydrogen) atoms. The van der Waals surface area contributed by atoms with Crippen molar-refractivity contribution in [3.8, 4) is 5.75 Å². The average Bonchev–Trinajstić information content (AvgIpc) is 3.13. The highest BCUT2D eigenvalue weighted by atomic mass is 16.5. The molecule has 0 aliphatic carbocycles. The summed E-state index contributed by atoms with van der Waals surface area (Å²) in [4.78, 5) is 36.3. The van der Waals surface area contributed by atoms with Crippen LogP contribution in [0.3, 0.4) is 0 Å². The third-order valence-corrected chi connectivity index (χ3v) is 5.06. The molecule has 0 bridgehead atoms. The van der Waals surface area contributed by atoms with E-state index in [0.717, 1.165) is 37.4 Å². The molecule has 2 aromatic heterocycles. The lowest BCUT2D eigenvalue weighted by Gasteiger charge is -2.27. The lowest BCUT2D eigenvalue weighted by Crippen LogP contribution is -2.31. The van der Waals surface area contributed by atoms with E-state index in [4.69, 9.17) is 4.74 Å². The predicted octanol–water partition coefficient (Wildman–Crippen LogP) is 1.88. The number of ether oxygens (including phenoxy) is 1. The molecule has 4 rings (SSSR count). The Hall–Kier alpha value is -3.03. The number of amides is 1. The maximum Gasteiger partial charge on any atom is 0.274 e. The molecule has 0 saturated carbocycles. The Kier molecular flexibility index (Phi) is 4.25. The zero-order valence-corrected chi connectivity index (χ0v) is 15.8. The van der Waals surface area contributed by atoms with Crippen LogP contribution < -0.4 is 15.2 Å². The number of carbonyl (C=O) groups is 1. The van der Waals surface area contributed by atoms with Gasteiger partial charge in [0, 0.05) is 33.3 Å². The summed E-state index contributed by atoms with van der Waals surface area (Å²) in [5, 5.41) is 0. The first-order valence-corrected chi connectivity index (χ1v) is 9.09. The maximum absolute atomic E-state index is 12.6. The van der Waals surface area contributed by atoms with E-state index in [1.54, 1.807) is 32.4 Å². The number of benzene rings is 1. The molecule has 1 fully saturated rings. The molecule has 3 aromatic rings. The van der Waals surface area contributed by atoms with Crippen LogP contribution in [0, 0.1) is 0 Å². The first kappa shape index (κ1) is 17.4. The highest BCUT2D eigenvalue weighted by Gasteiger charge is 2.21. The molecule has 0 radical (unpaired) electrons.